The van der Waals surface area contributed by atoms with Gasteiger partial charge in [-0.05, 0) is 26.9 Å². The highest BCUT2D eigenvalue weighted by Crippen LogP contribution is 2.25. The molecule has 2 heterocycles. The van der Waals surface area contributed by atoms with E-state index in [2.05, 4.69) is 23.9 Å². The van der Waals surface area contributed by atoms with Crippen LogP contribution in [-0.4, -0.2) is 55.1 Å². The lowest BCUT2D eigenvalue weighted by Gasteiger charge is -2.49. The summed E-state index contributed by atoms with van der Waals surface area (Å²) in [5.74, 6) is 0. The molecule has 2 aliphatic heterocycles. The van der Waals surface area contributed by atoms with Crippen molar-refractivity contribution in [3.63, 3.8) is 0 Å². The second-order valence-electron chi connectivity index (χ2n) is 4.43. The van der Waals surface area contributed by atoms with Crippen molar-refractivity contribution < 1.29 is 0 Å². The van der Waals surface area contributed by atoms with Gasteiger partial charge in [0.05, 0.1) is 0 Å². The highest BCUT2D eigenvalue weighted by atomic mass is 15.3. The minimum Gasteiger partial charge on any atom is -0.328 e. The summed E-state index contributed by atoms with van der Waals surface area (Å²) >= 11 is 0. The Balaban J connectivity index is 2.08. The first-order valence-electron chi connectivity index (χ1n) is 4.83. The molecule has 0 spiro atoms. The molecule has 0 aromatic rings. The number of likely N-dealkylation sites (tertiary alicyclic amines) is 1. The van der Waals surface area contributed by atoms with Crippen molar-refractivity contribution in [3.8, 4) is 0 Å². The standard InChI is InChI=1S/C9H19N3/c1-11-5-8-3-7(10)4-9(6-11)12(8)2/h7-9H,3-6,10H2,1-2H3/t7-,8-,9+. The Kier molecular flexibility index (Phi) is 2.10. The molecule has 12 heavy (non-hydrogen) atoms. The lowest BCUT2D eigenvalue weighted by molar-refractivity contribution is 0.0141. The van der Waals surface area contributed by atoms with Gasteiger partial charge < -0.3 is 10.6 Å². The topological polar surface area (TPSA) is 32.5 Å². The summed E-state index contributed by atoms with van der Waals surface area (Å²) in [6.45, 7) is 2.39. The normalized spacial score (nSPS) is 44.8. The zero-order valence-electron chi connectivity index (χ0n) is 8.03. The van der Waals surface area contributed by atoms with Crippen LogP contribution in [0.15, 0.2) is 0 Å². The average molecular weight is 169 g/mol. The molecular formula is C9H19N3. The van der Waals surface area contributed by atoms with E-state index in [1.807, 2.05) is 0 Å². The van der Waals surface area contributed by atoms with Gasteiger partial charge in [0.25, 0.3) is 0 Å². The van der Waals surface area contributed by atoms with E-state index < -0.39 is 0 Å². The van der Waals surface area contributed by atoms with Gasteiger partial charge in [0.1, 0.15) is 0 Å². The molecule has 3 atom stereocenters. The Labute approximate surface area is 74.5 Å². The van der Waals surface area contributed by atoms with Gasteiger partial charge in [-0.1, -0.05) is 0 Å². The minimum atomic E-state index is 0.449. The number of piperazine rings is 1. The van der Waals surface area contributed by atoms with Gasteiger partial charge in [-0.25, -0.2) is 0 Å². The number of likely N-dealkylation sites (N-methyl/N-ethyl adjacent to an activating group) is 2. The maximum atomic E-state index is 5.99. The zero-order chi connectivity index (χ0) is 8.72. The van der Waals surface area contributed by atoms with Crippen LogP contribution in [0.5, 0.6) is 0 Å². The van der Waals surface area contributed by atoms with Crippen LogP contribution in [0, 0.1) is 0 Å². The maximum Gasteiger partial charge on any atom is 0.0238 e. The summed E-state index contributed by atoms with van der Waals surface area (Å²) < 4.78 is 0. The number of fused-ring (bicyclic) bond motifs is 2. The first-order chi connectivity index (χ1) is 5.66. The highest BCUT2D eigenvalue weighted by molar-refractivity contribution is 4.94. The second kappa shape index (κ2) is 2.98. The van der Waals surface area contributed by atoms with Crippen LogP contribution in [0.25, 0.3) is 0 Å². The molecule has 0 saturated carbocycles. The van der Waals surface area contributed by atoms with Crippen LogP contribution < -0.4 is 5.73 Å². The molecule has 0 aliphatic carbocycles. The van der Waals surface area contributed by atoms with Crippen LogP contribution in [0.3, 0.4) is 0 Å². The monoisotopic (exact) mass is 169 g/mol. The molecule has 0 aromatic heterocycles. The molecule has 2 aliphatic rings. The van der Waals surface area contributed by atoms with Gasteiger partial charge >= 0.3 is 0 Å². The van der Waals surface area contributed by atoms with E-state index in [1.165, 1.54) is 25.9 Å². The summed E-state index contributed by atoms with van der Waals surface area (Å²) in [7, 11) is 4.46. The number of hydrogen-bond acceptors (Lipinski definition) is 3. The number of rotatable bonds is 0. The molecular weight excluding hydrogens is 150 g/mol. The zero-order valence-corrected chi connectivity index (χ0v) is 8.03. The van der Waals surface area contributed by atoms with Gasteiger partial charge in [-0.2, -0.15) is 0 Å². The van der Waals surface area contributed by atoms with E-state index >= 15 is 0 Å². The van der Waals surface area contributed by atoms with E-state index in [-0.39, 0.29) is 0 Å². The quantitative estimate of drug-likeness (QED) is 0.541. The Morgan fingerprint density at radius 2 is 1.58 bits per heavy atom. The number of nitrogens with zero attached hydrogens (tertiary/aromatic N) is 2. The molecule has 2 rings (SSSR count). The van der Waals surface area contributed by atoms with E-state index in [1.54, 1.807) is 0 Å². The SMILES string of the molecule is CN1C[C@H]2C[C@@H](N)C[C@@H](C1)N2C. The van der Waals surface area contributed by atoms with Crippen molar-refractivity contribution in [3.05, 3.63) is 0 Å². The summed E-state index contributed by atoms with van der Waals surface area (Å²) in [6.07, 6.45) is 2.36. The van der Waals surface area contributed by atoms with Gasteiger partial charge in [0.15, 0.2) is 0 Å². The van der Waals surface area contributed by atoms with Crippen molar-refractivity contribution in [2.24, 2.45) is 5.73 Å². The molecule has 2 N–H and O–H groups in total. The van der Waals surface area contributed by atoms with Crippen molar-refractivity contribution in [2.45, 2.75) is 31.0 Å². The molecule has 2 saturated heterocycles. The summed E-state index contributed by atoms with van der Waals surface area (Å²) in [6, 6.07) is 1.86. The molecule has 0 aromatic carbocycles. The van der Waals surface area contributed by atoms with E-state index in [9.17, 15) is 0 Å². The number of piperidine rings is 1. The minimum absolute atomic E-state index is 0.449. The summed E-state index contributed by atoms with van der Waals surface area (Å²) in [5.41, 5.74) is 5.99. The van der Waals surface area contributed by atoms with Crippen molar-refractivity contribution in [2.75, 3.05) is 27.2 Å². The third-order valence-electron chi connectivity index (χ3n) is 3.35. The lowest BCUT2D eigenvalue weighted by Crippen LogP contribution is -2.62. The van der Waals surface area contributed by atoms with Crippen LogP contribution in [0.4, 0.5) is 0 Å². The molecule has 2 bridgehead atoms. The van der Waals surface area contributed by atoms with E-state index in [4.69, 9.17) is 5.73 Å². The smallest absolute Gasteiger partial charge is 0.0238 e. The fourth-order valence-corrected chi connectivity index (χ4v) is 2.63. The van der Waals surface area contributed by atoms with Crippen LogP contribution in [0.1, 0.15) is 12.8 Å². The molecule has 3 heteroatoms. The Morgan fingerprint density at radius 1 is 1.08 bits per heavy atom. The Morgan fingerprint density at radius 3 is 2.08 bits per heavy atom. The van der Waals surface area contributed by atoms with Crippen LogP contribution in [-0.2, 0) is 0 Å². The predicted octanol–water partition coefficient (Wildman–Crippen LogP) is -0.278. The molecule has 3 nitrogen and oxygen atoms in total. The largest absolute Gasteiger partial charge is 0.328 e. The van der Waals surface area contributed by atoms with Gasteiger partial charge in [-0.3, -0.25) is 4.90 Å². The fourth-order valence-electron chi connectivity index (χ4n) is 2.63. The third kappa shape index (κ3) is 1.37. The fraction of sp³-hybridized carbons (Fsp3) is 1.00. The Bertz CT molecular complexity index is 141. The highest BCUT2D eigenvalue weighted by Gasteiger charge is 2.36. The molecule has 0 amide bonds. The Hall–Kier alpha value is -0.120. The van der Waals surface area contributed by atoms with Crippen molar-refractivity contribution in [1.29, 1.82) is 0 Å². The van der Waals surface area contributed by atoms with Crippen LogP contribution >= 0.6 is 0 Å². The van der Waals surface area contributed by atoms with E-state index in [0.717, 1.165) is 0 Å². The van der Waals surface area contributed by atoms with Gasteiger partial charge in [0, 0.05) is 31.2 Å². The first kappa shape index (κ1) is 8.48. The summed E-state index contributed by atoms with van der Waals surface area (Å²) in [4.78, 5) is 4.95. The maximum absolute atomic E-state index is 5.99. The van der Waals surface area contributed by atoms with Crippen LogP contribution in [0.2, 0.25) is 0 Å². The van der Waals surface area contributed by atoms with Crippen molar-refractivity contribution >= 4 is 0 Å². The second-order valence-corrected chi connectivity index (χ2v) is 4.43. The molecule has 0 unspecified atom stereocenters. The average Bonchev–Trinajstić information content (AvgIpc) is 1.94. The summed E-state index contributed by atoms with van der Waals surface area (Å²) in [5, 5.41) is 0. The number of nitrogens with two attached hydrogens (primary N) is 1. The first-order valence-corrected chi connectivity index (χ1v) is 4.83. The lowest BCUT2D eigenvalue weighted by atomic mass is 9.89. The van der Waals surface area contributed by atoms with E-state index in [0.29, 0.717) is 18.1 Å². The number of hydrogen-bond donors (Lipinski definition) is 1. The predicted molar refractivity (Wildman–Crippen MR) is 50.0 cm³/mol. The van der Waals surface area contributed by atoms with Gasteiger partial charge in [0.2, 0.25) is 0 Å². The molecule has 2 fully saturated rings. The van der Waals surface area contributed by atoms with Gasteiger partial charge in [-0.15, -0.1) is 0 Å². The third-order valence-corrected chi connectivity index (χ3v) is 3.35. The molecule has 70 valence electrons. The molecule has 0 radical (unpaired) electrons. The van der Waals surface area contributed by atoms with Crippen molar-refractivity contribution in [1.82, 2.24) is 9.80 Å².